The third kappa shape index (κ3) is 6.55. The van der Waals surface area contributed by atoms with Gasteiger partial charge in [-0.05, 0) is 37.6 Å². The van der Waals surface area contributed by atoms with Crippen LogP contribution < -0.4 is 15.4 Å². The lowest BCUT2D eigenvalue weighted by Gasteiger charge is -2.26. The maximum Gasteiger partial charge on any atom is 0.191 e. The normalized spacial score (nSPS) is 17.3. The zero-order chi connectivity index (χ0) is 20.1. The van der Waals surface area contributed by atoms with Crippen LogP contribution in [-0.2, 0) is 13.0 Å². The van der Waals surface area contributed by atoms with Crippen LogP contribution in [0.2, 0.25) is 0 Å². The molecule has 1 aliphatic rings. The van der Waals surface area contributed by atoms with Gasteiger partial charge in [0, 0.05) is 25.4 Å². The Morgan fingerprint density at radius 1 is 1.31 bits per heavy atom. The molecule has 2 aromatic rings. The quantitative estimate of drug-likeness (QED) is 0.351. The molecule has 2 N–H and O–H groups in total. The van der Waals surface area contributed by atoms with Gasteiger partial charge in [-0.1, -0.05) is 13.8 Å². The molecule has 0 saturated heterocycles. The Labute approximate surface area is 188 Å². The van der Waals surface area contributed by atoms with Gasteiger partial charge in [-0.2, -0.15) is 5.10 Å². The van der Waals surface area contributed by atoms with Crippen molar-refractivity contribution in [3.05, 3.63) is 41.7 Å². The molecule has 9 heteroatoms. The maximum atomic E-state index is 13.0. The first-order valence-corrected chi connectivity index (χ1v) is 9.77. The van der Waals surface area contributed by atoms with Crippen LogP contribution >= 0.6 is 24.0 Å². The van der Waals surface area contributed by atoms with Crippen molar-refractivity contribution in [3.63, 3.8) is 0 Å². The predicted molar refractivity (Wildman–Crippen MR) is 123 cm³/mol. The van der Waals surface area contributed by atoms with E-state index in [1.807, 2.05) is 11.6 Å². The van der Waals surface area contributed by atoms with E-state index in [1.54, 1.807) is 19.2 Å². The molecular weight excluding hydrogens is 486 g/mol. The van der Waals surface area contributed by atoms with Crippen LogP contribution in [0.5, 0.6) is 5.75 Å². The van der Waals surface area contributed by atoms with E-state index >= 15 is 0 Å². The van der Waals surface area contributed by atoms with Gasteiger partial charge in [0.15, 0.2) is 11.8 Å². The summed E-state index contributed by atoms with van der Waals surface area (Å²) in [4.78, 5) is 8.93. The summed E-state index contributed by atoms with van der Waals surface area (Å²) in [5.41, 5.74) is 0. The summed E-state index contributed by atoms with van der Waals surface area (Å²) in [5.74, 6) is 3.40. The number of guanidine groups is 1. The number of aliphatic imine (C=N–C) groups is 1. The maximum absolute atomic E-state index is 13.0. The molecule has 1 aromatic heterocycles. The Kier molecular flexibility index (Phi) is 8.66. The lowest BCUT2D eigenvalue weighted by atomic mass is 10.1. The first kappa shape index (κ1) is 23.4. The van der Waals surface area contributed by atoms with Crippen molar-refractivity contribution in [1.29, 1.82) is 0 Å². The predicted octanol–water partition coefficient (Wildman–Crippen LogP) is 3.11. The van der Waals surface area contributed by atoms with Crippen molar-refractivity contribution < 1.29 is 9.13 Å². The second-order valence-electron chi connectivity index (χ2n) is 7.44. The fourth-order valence-corrected chi connectivity index (χ4v) is 3.11. The lowest BCUT2D eigenvalue weighted by molar-refractivity contribution is 0.223. The molecule has 1 aliphatic heterocycles. The van der Waals surface area contributed by atoms with Crippen molar-refractivity contribution >= 4 is 29.9 Å². The highest BCUT2D eigenvalue weighted by Gasteiger charge is 2.23. The van der Waals surface area contributed by atoms with Gasteiger partial charge in [0.25, 0.3) is 0 Å². The molecule has 0 amide bonds. The fraction of sp³-hybridized carbons (Fsp3) is 0.550. The highest BCUT2D eigenvalue weighted by atomic mass is 127. The Morgan fingerprint density at radius 2 is 2.03 bits per heavy atom. The molecule has 1 aromatic carbocycles. The van der Waals surface area contributed by atoms with Crippen LogP contribution in [0.25, 0.3) is 0 Å². The zero-order valence-electron chi connectivity index (χ0n) is 17.4. The number of aromatic nitrogens is 3. The second-order valence-corrected chi connectivity index (χ2v) is 7.44. The molecule has 3 rings (SSSR count). The van der Waals surface area contributed by atoms with Crippen LogP contribution in [0, 0.1) is 5.82 Å². The summed E-state index contributed by atoms with van der Waals surface area (Å²) < 4.78 is 20.8. The summed E-state index contributed by atoms with van der Waals surface area (Å²) in [6.45, 7) is 7.53. The van der Waals surface area contributed by atoms with Crippen LogP contribution in [0.3, 0.4) is 0 Å². The molecule has 29 heavy (non-hydrogen) atoms. The van der Waals surface area contributed by atoms with Crippen LogP contribution in [0.15, 0.2) is 29.3 Å². The monoisotopic (exact) mass is 516 g/mol. The molecule has 0 bridgehead atoms. The number of halogens is 2. The number of benzene rings is 1. The van der Waals surface area contributed by atoms with Crippen LogP contribution in [-0.4, -0.2) is 46.5 Å². The molecule has 0 aliphatic carbocycles. The molecule has 160 valence electrons. The number of hydrogen-bond acceptors (Lipinski definition) is 4. The summed E-state index contributed by atoms with van der Waals surface area (Å²) in [7, 11) is 1.75. The molecule has 0 saturated carbocycles. The fourth-order valence-electron chi connectivity index (χ4n) is 3.11. The molecule has 0 fully saturated rings. The number of nitrogens with one attached hydrogen (secondary N) is 2. The molecule has 0 radical (unpaired) electrons. The molecule has 7 nitrogen and oxygen atoms in total. The van der Waals surface area contributed by atoms with Gasteiger partial charge < -0.3 is 15.4 Å². The largest absolute Gasteiger partial charge is 0.489 e. The Balaban J connectivity index is 0.00000300. The van der Waals surface area contributed by atoms with Crippen molar-refractivity contribution in [1.82, 2.24) is 25.4 Å². The average Bonchev–Trinajstić information content (AvgIpc) is 3.10. The first-order chi connectivity index (χ1) is 13.4. The number of rotatable bonds is 6. The topological polar surface area (TPSA) is 76.4 Å². The standard InChI is InChI=1S/C20H29FN6O.HI/c1-13(2)19-25-18-10-7-16(12-27(18)26-19)24-20(22-4)23-11-14(3)28-17-8-5-15(21)6-9-17;/h5-6,8-9,13-14,16H,7,10-12H2,1-4H3,(H2,22,23,24);1H. The highest BCUT2D eigenvalue weighted by molar-refractivity contribution is 14.0. The third-order valence-electron chi connectivity index (χ3n) is 4.66. The molecule has 0 spiro atoms. The van der Waals surface area contributed by atoms with E-state index in [2.05, 4.69) is 39.6 Å². The molecule has 2 unspecified atom stereocenters. The van der Waals surface area contributed by atoms with Gasteiger partial charge in [0.2, 0.25) is 0 Å². The van der Waals surface area contributed by atoms with Gasteiger partial charge in [-0.25, -0.2) is 14.1 Å². The van der Waals surface area contributed by atoms with Crippen molar-refractivity contribution in [3.8, 4) is 5.75 Å². The SMILES string of the molecule is CN=C(NCC(C)Oc1ccc(F)cc1)NC1CCc2nc(C(C)C)nn2C1.I. The molecular formula is C20H30FIN6O. The first-order valence-electron chi connectivity index (χ1n) is 9.77. The molecule has 2 atom stereocenters. The number of ether oxygens (including phenoxy) is 1. The minimum absolute atomic E-state index is 0. The third-order valence-corrected chi connectivity index (χ3v) is 4.66. The van der Waals surface area contributed by atoms with Crippen LogP contribution in [0.4, 0.5) is 4.39 Å². The number of aryl methyl sites for hydroxylation is 1. The van der Waals surface area contributed by atoms with Gasteiger partial charge in [-0.15, -0.1) is 24.0 Å². The van der Waals surface area contributed by atoms with Crippen molar-refractivity contribution in [2.24, 2.45) is 4.99 Å². The zero-order valence-corrected chi connectivity index (χ0v) is 19.7. The minimum atomic E-state index is -0.272. The highest BCUT2D eigenvalue weighted by Crippen LogP contribution is 2.17. The van der Waals surface area contributed by atoms with Gasteiger partial charge in [0.1, 0.15) is 23.5 Å². The molecule has 2 heterocycles. The Bertz CT molecular complexity index is 808. The second kappa shape index (κ2) is 10.7. The average molecular weight is 516 g/mol. The van der Waals surface area contributed by atoms with Gasteiger partial charge in [0.05, 0.1) is 13.1 Å². The van der Waals surface area contributed by atoms with Crippen molar-refractivity contribution in [2.45, 2.75) is 58.2 Å². The summed E-state index contributed by atoms with van der Waals surface area (Å²) in [6.07, 6.45) is 1.79. The minimum Gasteiger partial charge on any atom is -0.489 e. The Morgan fingerprint density at radius 3 is 2.69 bits per heavy atom. The lowest BCUT2D eigenvalue weighted by Crippen LogP contribution is -2.48. The van der Waals surface area contributed by atoms with Crippen molar-refractivity contribution in [2.75, 3.05) is 13.6 Å². The number of nitrogens with zero attached hydrogens (tertiary/aromatic N) is 4. The smallest absolute Gasteiger partial charge is 0.191 e. The summed E-state index contributed by atoms with van der Waals surface area (Å²) >= 11 is 0. The summed E-state index contributed by atoms with van der Waals surface area (Å²) in [6, 6.07) is 6.28. The van der Waals surface area contributed by atoms with E-state index in [-0.39, 0.29) is 41.9 Å². The summed E-state index contributed by atoms with van der Waals surface area (Å²) in [5, 5.41) is 11.4. The van der Waals surface area contributed by atoms with E-state index in [1.165, 1.54) is 12.1 Å². The van der Waals surface area contributed by atoms with Gasteiger partial charge in [-0.3, -0.25) is 4.99 Å². The van der Waals surface area contributed by atoms with E-state index in [4.69, 9.17) is 4.74 Å². The van der Waals surface area contributed by atoms with E-state index in [9.17, 15) is 4.39 Å². The number of hydrogen-bond donors (Lipinski definition) is 2. The van der Waals surface area contributed by atoms with E-state index in [0.29, 0.717) is 18.2 Å². The van der Waals surface area contributed by atoms with E-state index < -0.39 is 0 Å². The van der Waals surface area contributed by atoms with Crippen LogP contribution in [0.1, 0.15) is 44.8 Å². The number of fused-ring (bicyclic) bond motifs is 1. The van der Waals surface area contributed by atoms with E-state index in [0.717, 1.165) is 37.0 Å². The Hall–Kier alpha value is -1.91. The van der Waals surface area contributed by atoms with Gasteiger partial charge >= 0.3 is 0 Å².